The van der Waals surface area contributed by atoms with E-state index in [1.165, 1.54) is 6.07 Å². The molecule has 0 saturated heterocycles. The second-order valence-electron chi connectivity index (χ2n) is 7.67. The lowest BCUT2D eigenvalue weighted by Gasteiger charge is -2.31. The summed E-state index contributed by atoms with van der Waals surface area (Å²) in [6, 6.07) is 3.24. The van der Waals surface area contributed by atoms with Gasteiger partial charge in [0.1, 0.15) is 11.6 Å². The quantitative estimate of drug-likeness (QED) is 0.366. The lowest BCUT2D eigenvalue weighted by molar-refractivity contribution is 0.0680. The molecule has 0 aliphatic rings. The molecule has 0 saturated carbocycles. The number of benzene rings is 1. The molecule has 2 nitrogen and oxygen atoms in total. The number of hydrogen-bond donors (Lipinski definition) is 0. The standard InChI is InChI=1S/C23H37F2NO/c1-5-9-11-18(7-3)16-26(17-19(8-4)12-10-6-2)23(27)21-14-13-20(24)15-22(21)25/h13-15,18-19H,5-12,16-17H2,1-4H3. The number of carbonyl (C=O) groups excluding carboxylic acids is 1. The highest BCUT2D eigenvalue weighted by Crippen LogP contribution is 2.22. The summed E-state index contributed by atoms with van der Waals surface area (Å²) < 4.78 is 27.5. The molecule has 0 aliphatic heterocycles. The minimum absolute atomic E-state index is 0.0212. The molecule has 0 heterocycles. The number of amides is 1. The van der Waals surface area contributed by atoms with Crippen LogP contribution in [0.25, 0.3) is 0 Å². The topological polar surface area (TPSA) is 20.3 Å². The molecule has 1 rings (SSSR count). The molecule has 154 valence electrons. The van der Waals surface area contributed by atoms with Crippen molar-refractivity contribution in [1.82, 2.24) is 4.90 Å². The maximum absolute atomic E-state index is 14.2. The molecule has 0 aromatic heterocycles. The molecular weight excluding hydrogens is 344 g/mol. The second-order valence-corrected chi connectivity index (χ2v) is 7.67. The molecule has 2 atom stereocenters. The summed E-state index contributed by atoms with van der Waals surface area (Å²) in [5.41, 5.74) is -0.0212. The minimum Gasteiger partial charge on any atom is -0.338 e. The second kappa shape index (κ2) is 12.9. The van der Waals surface area contributed by atoms with Crippen LogP contribution in [0.1, 0.15) is 89.4 Å². The fourth-order valence-electron chi connectivity index (χ4n) is 3.53. The number of unbranched alkanes of at least 4 members (excludes halogenated alkanes) is 2. The molecule has 0 bridgehead atoms. The SMILES string of the molecule is CCCCC(CC)CN(CC(CC)CCCC)C(=O)c1ccc(F)cc1F. The van der Waals surface area contributed by atoms with Crippen LogP contribution in [0.15, 0.2) is 18.2 Å². The van der Waals surface area contributed by atoms with Crippen LogP contribution in [0.2, 0.25) is 0 Å². The molecule has 0 fully saturated rings. The van der Waals surface area contributed by atoms with Gasteiger partial charge in [-0.2, -0.15) is 0 Å². The highest BCUT2D eigenvalue weighted by atomic mass is 19.1. The van der Waals surface area contributed by atoms with Gasteiger partial charge in [-0.1, -0.05) is 66.2 Å². The Kier molecular flexibility index (Phi) is 11.2. The Bertz CT molecular complexity index is 543. The molecule has 0 aliphatic carbocycles. The fourth-order valence-corrected chi connectivity index (χ4v) is 3.53. The highest BCUT2D eigenvalue weighted by molar-refractivity contribution is 5.94. The Balaban J connectivity index is 3.01. The Morgan fingerprint density at radius 3 is 1.85 bits per heavy atom. The number of carbonyl (C=O) groups is 1. The van der Waals surface area contributed by atoms with Crippen molar-refractivity contribution in [1.29, 1.82) is 0 Å². The molecular formula is C23H37F2NO. The van der Waals surface area contributed by atoms with Gasteiger partial charge in [-0.25, -0.2) is 8.78 Å². The van der Waals surface area contributed by atoms with Gasteiger partial charge in [0.05, 0.1) is 5.56 Å². The zero-order chi connectivity index (χ0) is 20.2. The largest absolute Gasteiger partial charge is 0.338 e. The maximum atomic E-state index is 14.2. The predicted octanol–water partition coefficient (Wildman–Crippen LogP) is 6.84. The van der Waals surface area contributed by atoms with Crippen LogP contribution in [-0.4, -0.2) is 23.9 Å². The number of nitrogens with zero attached hydrogens (tertiary/aromatic N) is 1. The summed E-state index contributed by atoms with van der Waals surface area (Å²) in [4.78, 5) is 14.9. The van der Waals surface area contributed by atoms with Gasteiger partial charge < -0.3 is 4.90 Å². The van der Waals surface area contributed by atoms with Crippen LogP contribution >= 0.6 is 0 Å². The summed E-state index contributed by atoms with van der Waals surface area (Å²) in [6.07, 6.45) is 8.69. The monoisotopic (exact) mass is 381 g/mol. The van der Waals surface area contributed by atoms with E-state index in [0.717, 1.165) is 63.5 Å². The van der Waals surface area contributed by atoms with Crippen molar-refractivity contribution in [3.63, 3.8) is 0 Å². The van der Waals surface area contributed by atoms with Gasteiger partial charge in [0.15, 0.2) is 0 Å². The zero-order valence-corrected chi connectivity index (χ0v) is 17.6. The van der Waals surface area contributed by atoms with Gasteiger partial charge in [0, 0.05) is 19.2 Å². The first-order valence-electron chi connectivity index (χ1n) is 10.7. The van der Waals surface area contributed by atoms with E-state index in [1.54, 1.807) is 0 Å². The van der Waals surface area contributed by atoms with Crippen LogP contribution in [0.3, 0.4) is 0 Å². The summed E-state index contributed by atoms with van der Waals surface area (Å²) in [5, 5.41) is 0. The van der Waals surface area contributed by atoms with E-state index in [0.29, 0.717) is 24.9 Å². The van der Waals surface area contributed by atoms with Gasteiger partial charge in [-0.05, 0) is 36.8 Å². The predicted molar refractivity (Wildman–Crippen MR) is 109 cm³/mol. The Labute approximate surface area is 164 Å². The number of halogens is 2. The lowest BCUT2D eigenvalue weighted by atomic mass is 9.95. The first-order valence-corrected chi connectivity index (χ1v) is 10.7. The van der Waals surface area contributed by atoms with Crippen LogP contribution in [0.4, 0.5) is 8.78 Å². The van der Waals surface area contributed by atoms with E-state index >= 15 is 0 Å². The van der Waals surface area contributed by atoms with E-state index in [9.17, 15) is 13.6 Å². The Hall–Kier alpha value is -1.45. The maximum Gasteiger partial charge on any atom is 0.256 e. The average molecular weight is 382 g/mol. The van der Waals surface area contributed by atoms with Crippen molar-refractivity contribution in [2.75, 3.05) is 13.1 Å². The Morgan fingerprint density at radius 1 is 0.926 bits per heavy atom. The molecule has 0 N–H and O–H groups in total. The van der Waals surface area contributed by atoms with Gasteiger partial charge in [0.25, 0.3) is 5.91 Å². The summed E-state index contributed by atoms with van der Waals surface area (Å²) in [6.45, 7) is 9.93. The van der Waals surface area contributed by atoms with E-state index < -0.39 is 11.6 Å². The zero-order valence-electron chi connectivity index (χ0n) is 17.6. The molecule has 0 spiro atoms. The van der Waals surface area contributed by atoms with Crippen molar-refractivity contribution in [3.05, 3.63) is 35.4 Å². The van der Waals surface area contributed by atoms with Crippen LogP contribution < -0.4 is 0 Å². The van der Waals surface area contributed by atoms with Crippen LogP contribution in [0.5, 0.6) is 0 Å². The third-order valence-electron chi connectivity index (χ3n) is 5.49. The van der Waals surface area contributed by atoms with Gasteiger partial charge >= 0.3 is 0 Å². The third kappa shape index (κ3) is 7.98. The summed E-state index contributed by atoms with van der Waals surface area (Å²) >= 11 is 0. The van der Waals surface area contributed by atoms with Gasteiger partial charge in [-0.15, -0.1) is 0 Å². The van der Waals surface area contributed by atoms with E-state index in [2.05, 4.69) is 27.7 Å². The first kappa shape index (κ1) is 23.6. The molecule has 1 aromatic rings. The van der Waals surface area contributed by atoms with Crippen molar-refractivity contribution >= 4 is 5.91 Å². The van der Waals surface area contributed by atoms with Gasteiger partial charge in [-0.3, -0.25) is 4.79 Å². The molecule has 2 unspecified atom stereocenters. The number of hydrogen-bond acceptors (Lipinski definition) is 1. The highest BCUT2D eigenvalue weighted by Gasteiger charge is 2.24. The normalized spacial score (nSPS) is 13.4. The van der Waals surface area contributed by atoms with Crippen molar-refractivity contribution in [3.8, 4) is 0 Å². The van der Waals surface area contributed by atoms with Crippen molar-refractivity contribution in [2.24, 2.45) is 11.8 Å². The lowest BCUT2D eigenvalue weighted by Crippen LogP contribution is -2.39. The molecule has 27 heavy (non-hydrogen) atoms. The average Bonchev–Trinajstić information content (AvgIpc) is 2.66. The molecule has 0 radical (unpaired) electrons. The van der Waals surface area contributed by atoms with Gasteiger partial charge in [0.2, 0.25) is 0 Å². The number of rotatable bonds is 13. The van der Waals surface area contributed by atoms with Crippen LogP contribution in [0, 0.1) is 23.5 Å². The van der Waals surface area contributed by atoms with Crippen molar-refractivity contribution in [2.45, 2.75) is 79.1 Å². The summed E-state index contributed by atoms with van der Waals surface area (Å²) in [7, 11) is 0. The third-order valence-corrected chi connectivity index (χ3v) is 5.49. The summed E-state index contributed by atoms with van der Waals surface area (Å²) in [5.74, 6) is -0.896. The molecule has 1 amide bonds. The van der Waals surface area contributed by atoms with E-state index in [1.807, 2.05) is 4.90 Å². The molecule has 1 aromatic carbocycles. The van der Waals surface area contributed by atoms with E-state index in [-0.39, 0.29) is 11.5 Å². The van der Waals surface area contributed by atoms with E-state index in [4.69, 9.17) is 0 Å². The fraction of sp³-hybridized carbons (Fsp3) is 0.696. The Morgan fingerprint density at radius 2 is 1.44 bits per heavy atom. The molecule has 4 heteroatoms. The van der Waals surface area contributed by atoms with Crippen LogP contribution in [-0.2, 0) is 0 Å². The smallest absolute Gasteiger partial charge is 0.256 e. The minimum atomic E-state index is -0.770. The van der Waals surface area contributed by atoms with Crippen molar-refractivity contribution < 1.29 is 13.6 Å². The first-order chi connectivity index (χ1) is 13.0.